The summed E-state index contributed by atoms with van der Waals surface area (Å²) in [5, 5.41) is 4.13. The van der Waals surface area contributed by atoms with Crippen LogP contribution in [0.15, 0.2) is 56.8 Å². The number of pyridine rings is 1. The van der Waals surface area contributed by atoms with E-state index in [1.54, 1.807) is 19.1 Å². The van der Waals surface area contributed by atoms with Crippen molar-refractivity contribution in [2.75, 3.05) is 0 Å². The van der Waals surface area contributed by atoms with Crippen LogP contribution in [0.4, 0.5) is 8.78 Å². The van der Waals surface area contributed by atoms with Gasteiger partial charge >= 0.3 is 6.61 Å². The third kappa shape index (κ3) is 4.21. The van der Waals surface area contributed by atoms with Crippen LogP contribution >= 0.6 is 23.2 Å². The smallest absolute Gasteiger partial charge is 0.387 e. The minimum absolute atomic E-state index is 0.0187. The molecule has 9 heteroatoms. The highest BCUT2D eigenvalue weighted by molar-refractivity contribution is 6.36. The summed E-state index contributed by atoms with van der Waals surface area (Å²) >= 11 is 12.4. The molecule has 3 aromatic rings. The van der Waals surface area contributed by atoms with Gasteiger partial charge in [0.05, 0.1) is 16.3 Å². The van der Waals surface area contributed by atoms with Gasteiger partial charge in [-0.3, -0.25) is 9.78 Å². The second kappa shape index (κ2) is 8.80. The fourth-order valence-electron chi connectivity index (χ4n) is 2.84. The van der Waals surface area contributed by atoms with E-state index in [-0.39, 0.29) is 27.6 Å². The maximum absolute atomic E-state index is 13.0. The molecule has 0 aliphatic heterocycles. The van der Waals surface area contributed by atoms with Gasteiger partial charge < -0.3 is 14.5 Å². The lowest BCUT2D eigenvalue weighted by Gasteiger charge is -2.13. The molecule has 0 aliphatic rings. The van der Waals surface area contributed by atoms with Crippen LogP contribution in [0, 0.1) is 0 Å². The number of amides is 1. The molecule has 0 radical (unpaired) electrons. The molecular formula is C20H16Cl2F2N2O3. The second-order valence-corrected chi connectivity index (χ2v) is 6.76. The number of carbonyl (C=O) groups is 1. The summed E-state index contributed by atoms with van der Waals surface area (Å²) in [6.45, 7) is 0.479. The van der Waals surface area contributed by atoms with E-state index in [2.05, 4.69) is 15.0 Å². The van der Waals surface area contributed by atoms with Crippen molar-refractivity contribution < 1.29 is 22.7 Å². The highest BCUT2D eigenvalue weighted by Gasteiger charge is 2.23. The average Bonchev–Trinajstić information content (AvgIpc) is 3.10. The summed E-state index contributed by atoms with van der Waals surface area (Å²) in [5.41, 5.74) is 0.843. The van der Waals surface area contributed by atoms with Crippen LogP contribution < -0.4 is 10.1 Å². The molecule has 2 aromatic heterocycles. The normalized spacial score (nSPS) is 13.1. The van der Waals surface area contributed by atoms with Crippen LogP contribution in [0.25, 0.3) is 21.9 Å². The maximum Gasteiger partial charge on any atom is 0.387 e. The highest BCUT2D eigenvalue weighted by Crippen LogP contribution is 2.37. The number of fused-ring (bicyclic) bond motifs is 3. The van der Waals surface area contributed by atoms with Gasteiger partial charge in [-0.2, -0.15) is 8.78 Å². The fraction of sp³-hybridized carbons (Fsp3) is 0.200. The summed E-state index contributed by atoms with van der Waals surface area (Å²) in [7, 11) is 0. The van der Waals surface area contributed by atoms with E-state index in [4.69, 9.17) is 27.6 Å². The molecule has 0 saturated carbocycles. The Kier molecular flexibility index (Phi) is 6.39. The number of carbonyl (C=O) groups excluding carboxylic acids is 1. The van der Waals surface area contributed by atoms with Crippen LogP contribution in [0.2, 0.25) is 0 Å². The zero-order chi connectivity index (χ0) is 21.1. The molecule has 0 fully saturated rings. The lowest BCUT2D eigenvalue weighted by atomic mass is 10.1. The van der Waals surface area contributed by atoms with Crippen molar-refractivity contribution in [1.29, 1.82) is 0 Å². The molecule has 0 bridgehead atoms. The molecule has 0 unspecified atom stereocenters. The number of rotatable bonds is 6. The number of nitrogens with one attached hydrogen (secondary N) is 1. The van der Waals surface area contributed by atoms with E-state index in [0.717, 1.165) is 0 Å². The Balaban J connectivity index is 2.18. The minimum atomic E-state index is -3.05. The first-order valence-corrected chi connectivity index (χ1v) is 9.39. The molecule has 2 heterocycles. The van der Waals surface area contributed by atoms with Crippen molar-refractivity contribution in [2.45, 2.75) is 26.9 Å². The topological polar surface area (TPSA) is 64.4 Å². The van der Waals surface area contributed by atoms with E-state index >= 15 is 0 Å². The molecule has 1 N–H and O–H groups in total. The summed E-state index contributed by atoms with van der Waals surface area (Å²) in [4.78, 5) is 17.1. The zero-order valence-electron chi connectivity index (χ0n) is 15.4. The number of hydrogen-bond donors (Lipinski definition) is 1. The van der Waals surface area contributed by atoms with E-state index in [1.807, 2.05) is 6.92 Å². The molecule has 1 amide bonds. The van der Waals surface area contributed by atoms with Gasteiger partial charge in [0.1, 0.15) is 5.58 Å². The first-order valence-electron chi connectivity index (χ1n) is 8.63. The fourth-order valence-corrected chi connectivity index (χ4v) is 3.20. The molecule has 5 nitrogen and oxygen atoms in total. The van der Waals surface area contributed by atoms with E-state index in [9.17, 15) is 13.6 Å². The van der Waals surface area contributed by atoms with Crippen LogP contribution in [0.5, 0.6) is 5.75 Å². The predicted molar refractivity (Wildman–Crippen MR) is 108 cm³/mol. The van der Waals surface area contributed by atoms with Crippen molar-refractivity contribution in [3.63, 3.8) is 0 Å². The van der Waals surface area contributed by atoms with Gasteiger partial charge in [0, 0.05) is 28.2 Å². The standard InChI is InChI=1S/C20H16Cl2F2N2O3/c1-3-12(21)17(13(22)4-2)26-19(27)10-5-6-15(29-20(23)24)18-16(10)11-9-25-8-7-14(11)28-18/h3,5-9,20H,4H2,1-2H3,(H,26,27)/b12-3+,17-13-. The Hall–Kier alpha value is -2.64. The van der Waals surface area contributed by atoms with Gasteiger partial charge in [-0.1, -0.05) is 36.2 Å². The number of ether oxygens (including phenoxy) is 1. The molecule has 29 heavy (non-hydrogen) atoms. The molecule has 3 rings (SSSR count). The molecule has 0 spiro atoms. The summed E-state index contributed by atoms with van der Waals surface area (Å²) in [6.07, 6.45) is 5.03. The van der Waals surface area contributed by atoms with E-state index in [0.29, 0.717) is 27.8 Å². The largest absolute Gasteiger partial charge is 0.452 e. The number of benzene rings is 1. The number of allylic oxidation sites excluding steroid dienone is 3. The second-order valence-electron chi connectivity index (χ2n) is 5.89. The predicted octanol–water partition coefficient (Wildman–Crippen LogP) is 6.32. The lowest BCUT2D eigenvalue weighted by molar-refractivity contribution is -0.0493. The lowest BCUT2D eigenvalue weighted by Crippen LogP contribution is -2.24. The van der Waals surface area contributed by atoms with Crippen LogP contribution in [-0.4, -0.2) is 17.5 Å². The quantitative estimate of drug-likeness (QED) is 0.455. The monoisotopic (exact) mass is 440 g/mol. The third-order valence-electron chi connectivity index (χ3n) is 4.16. The van der Waals surface area contributed by atoms with Crippen molar-refractivity contribution in [1.82, 2.24) is 10.3 Å². The number of nitrogens with zero attached hydrogens (tertiary/aromatic N) is 1. The molecule has 0 saturated heterocycles. The van der Waals surface area contributed by atoms with Gasteiger partial charge in [-0.25, -0.2) is 0 Å². The first kappa shape index (κ1) is 21.1. The molecular weight excluding hydrogens is 425 g/mol. The van der Waals surface area contributed by atoms with Crippen molar-refractivity contribution in [3.8, 4) is 5.75 Å². The van der Waals surface area contributed by atoms with Gasteiger partial charge in [-0.15, -0.1) is 0 Å². The van der Waals surface area contributed by atoms with Crippen LogP contribution in [0.3, 0.4) is 0 Å². The summed E-state index contributed by atoms with van der Waals surface area (Å²) < 4.78 is 35.8. The number of furan rings is 1. The average molecular weight is 441 g/mol. The van der Waals surface area contributed by atoms with Gasteiger partial charge in [0.25, 0.3) is 5.91 Å². The third-order valence-corrected chi connectivity index (χ3v) is 5.02. The van der Waals surface area contributed by atoms with Crippen molar-refractivity contribution in [2.24, 2.45) is 0 Å². The van der Waals surface area contributed by atoms with Crippen molar-refractivity contribution in [3.05, 3.63) is 58.0 Å². The Morgan fingerprint density at radius 3 is 2.76 bits per heavy atom. The maximum atomic E-state index is 13.0. The number of alkyl halides is 2. The Bertz CT molecular complexity index is 1140. The molecule has 0 aliphatic carbocycles. The zero-order valence-corrected chi connectivity index (χ0v) is 16.9. The Morgan fingerprint density at radius 2 is 2.10 bits per heavy atom. The van der Waals surface area contributed by atoms with Crippen molar-refractivity contribution >= 4 is 51.0 Å². The SMILES string of the molecule is C/C=C(Cl)\C(NC(=O)c1ccc(OC(F)F)c2oc3ccncc3c12)=C(\Cl)CC. The number of aromatic nitrogens is 1. The van der Waals surface area contributed by atoms with Gasteiger partial charge in [0.15, 0.2) is 11.3 Å². The first-order chi connectivity index (χ1) is 13.9. The minimum Gasteiger partial charge on any atom is -0.452 e. The Morgan fingerprint density at radius 1 is 1.34 bits per heavy atom. The molecule has 0 atom stereocenters. The Labute approximate surface area is 174 Å². The van der Waals surface area contributed by atoms with Gasteiger partial charge in [-0.05, 0) is 31.5 Å². The van der Waals surface area contributed by atoms with E-state index < -0.39 is 12.5 Å². The van der Waals surface area contributed by atoms with E-state index in [1.165, 1.54) is 24.5 Å². The highest BCUT2D eigenvalue weighted by atomic mass is 35.5. The number of hydrogen-bond acceptors (Lipinski definition) is 4. The number of halogens is 4. The molecule has 1 aromatic carbocycles. The summed E-state index contributed by atoms with van der Waals surface area (Å²) in [6, 6.07) is 4.19. The summed E-state index contributed by atoms with van der Waals surface area (Å²) in [5.74, 6) is -0.719. The van der Waals surface area contributed by atoms with Crippen LogP contribution in [0.1, 0.15) is 30.6 Å². The van der Waals surface area contributed by atoms with Crippen LogP contribution in [-0.2, 0) is 0 Å². The molecule has 152 valence electrons. The van der Waals surface area contributed by atoms with Gasteiger partial charge in [0.2, 0.25) is 0 Å².